The summed E-state index contributed by atoms with van der Waals surface area (Å²) in [6.45, 7) is 3.83. The van der Waals surface area contributed by atoms with Crippen molar-refractivity contribution in [1.82, 2.24) is 4.90 Å². The number of ether oxygens (including phenoxy) is 4. The molecule has 2 aliphatic rings. The molecule has 7 nitrogen and oxygen atoms in total. The first-order valence-corrected chi connectivity index (χ1v) is 10.6. The van der Waals surface area contributed by atoms with Gasteiger partial charge in [-0.05, 0) is 62.2 Å². The van der Waals surface area contributed by atoms with Gasteiger partial charge in [-0.2, -0.15) is 0 Å². The molecule has 0 spiro atoms. The molecular formula is C24H27NO6. The Bertz CT molecular complexity index is 934. The largest absolute Gasteiger partial charge is 0.497 e. The maximum atomic E-state index is 13.0. The molecule has 1 saturated heterocycles. The number of benzene rings is 2. The molecule has 0 N–H and O–H groups in total. The number of fused-ring (bicyclic) bond motifs is 1. The van der Waals surface area contributed by atoms with Gasteiger partial charge in [0.05, 0.1) is 7.11 Å². The Balaban J connectivity index is 1.31. The maximum absolute atomic E-state index is 13.0. The van der Waals surface area contributed by atoms with Gasteiger partial charge in [0.1, 0.15) is 24.7 Å². The van der Waals surface area contributed by atoms with Gasteiger partial charge in [-0.25, -0.2) is 0 Å². The standard InChI is InChI=1S/C24H27NO6/c1-16(31-20-6-4-19(28-2)5-7-20)24(27)25-11-9-17(10-12-25)23(26)18-3-8-21-22(15-18)30-14-13-29-21/h3-8,15-17H,9-14H2,1-2H3. The number of nitrogens with zero attached hydrogens (tertiary/aromatic N) is 1. The average Bonchev–Trinajstić information content (AvgIpc) is 2.83. The molecule has 2 aromatic carbocycles. The second kappa shape index (κ2) is 9.29. The molecule has 164 valence electrons. The van der Waals surface area contributed by atoms with E-state index in [1.807, 2.05) is 0 Å². The summed E-state index contributed by atoms with van der Waals surface area (Å²) in [6.07, 6.45) is 0.668. The summed E-state index contributed by atoms with van der Waals surface area (Å²) in [5.74, 6) is 2.56. The third-order valence-electron chi connectivity index (χ3n) is 5.72. The van der Waals surface area contributed by atoms with E-state index >= 15 is 0 Å². The van der Waals surface area contributed by atoms with E-state index in [2.05, 4.69) is 0 Å². The topological polar surface area (TPSA) is 74.3 Å². The molecule has 0 aliphatic carbocycles. The van der Waals surface area contributed by atoms with Crippen molar-refractivity contribution in [1.29, 1.82) is 0 Å². The number of likely N-dealkylation sites (tertiary alicyclic amines) is 1. The molecule has 1 atom stereocenters. The van der Waals surface area contributed by atoms with Crippen LogP contribution in [0.5, 0.6) is 23.0 Å². The zero-order chi connectivity index (χ0) is 21.8. The van der Waals surface area contributed by atoms with Crippen molar-refractivity contribution in [2.24, 2.45) is 5.92 Å². The van der Waals surface area contributed by atoms with Gasteiger partial charge >= 0.3 is 0 Å². The van der Waals surface area contributed by atoms with Gasteiger partial charge < -0.3 is 23.8 Å². The molecule has 2 aromatic rings. The molecule has 1 unspecified atom stereocenters. The van der Waals surface area contributed by atoms with E-state index in [-0.39, 0.29) is 17.6 Å². The van der Waals surface area contributed by atoms with Crippen molar-refractivity contribution in [3.05, 3.63) is 48.0 Å². The van der Waals surface area contributed by atoms with Crippen molar-refractivity contribution >= 4 is 11.7 Å². The van der Waals surface area contributed by atoms with Gasteiger partial charge in [-0.3, -0.25) is 9.59 Å². The lowest BCUT2D eigenvalue weighted by atomic mass is 9.88. The van der Waals surface area contributed by atoms with E-state index in [0.717, 1.165) is 5.75 Å². The lowest BCUT2D eigenvalue weighted by Crippen LogP contribution is -2.45. The molecule has 31 heavy (non-hydrogen) atoms. The van der Waals surface area contributed by atoms with Crippen LogP contribution >= 0.6 is 0 Å². The molecule has 2 aliphatic heterocycles. The first-order chi connectivity index (χ1) is 15.0. The van der Waals surface area contributed by atoms with Gasteiger partial charge in [0.25, 0.3) is 5.91 Å². The Morgan fingerprint density at radius 3 is 2.29 bits per heavy atom. The number of Topliss-reactive ketones (excluding diaryl/α,β-unsaturated/α-hetero) is 1. The Morgan fingerprint density at radius 2 is 1.61 bits per heavy atom. The second-order valence-corrected chi connectivity index (χ2v) is 7.76. The minimum absolute atomic E-state index is 0.0685. The van der Waals surface area contributed by atoms with E-state index < -0.39 is 6.10 Å². The molecule has 4 rings (SSSR count). The van der Waals surface area contributed by atoms with Crippen LogP contribution in [0.2, 0.25) is 0 Å². The minimum atomic E-state index is -0.599. The quantitative estimate of drug-likeness (QED) is 0.661. The van der Waals surface area contributed by atoms with Crippen LogP contribution in [0, 0.1) is 5.92 Å². The molecule has 0 saturated carbocycles. The van der Waals surface area contributed by atoms with Crippen molar-refractivity contribution in [2.45, 2.75) is 25.9 Å². The third kappa shape index (κ3) is 4.76. The number of carbonyl (C=O) groups excluding carboxylic acids is 2. The zero-order valence-electron chi connectivity index (χ0n) is 17.8. The molecule has 2 heterocycles. The smallest absolute Gasteiger partial charge is 0.263 e. The second-order valence-electron chi connectivity index (χ2n) is 7.76. The lowest BCUT2D eigenvalue weighted by Gasteiger charge is -2.33. The van der Waals surface area contributed by atoms with E-state index in [4.69, 9.17) is 18.9 Å². The van der Waals surface area contributed by atoms with E-state index in [1.165, 1.54) is 0 Å². The molecule has 1 amide bonds. The van der Waals surface area contributed by atoms with E-state index in [0.29, 0.717) is 62.0 Å². The molecule has 0 aromatic heterocycles. The van der Waals surface area contributed by atoms with Gasteiger partial charge in [0.15, 0.2) is 23.4 Å². The summed E-state index contributed by atoms with van der Waals surface area (Å²) in [5.41, 5.74) is 0.630. The maximum Gasteiger partial charge on any atom is 0.263 e. The highest BCUT2D eigenvalue weighted by atomic mass is 16.6. The summed E-state index contributed by atoms with van der Waals surface area (Å²) in [5, 5.41) is 0. The van der Waals surface area contributed by atoms with Crippen LogP contribution in [0.15, 0.2) is 42.5 Å². The van der Waals surface area contributed by atoms with Crippen LogP contribution in [0.4, 0.5) is 0 Å². The Labute approximate surface area is 181 Å². The van der Waals surface area contributed by atoms with Crippen molar-refractivity contribution < 1.29 is 28.5 Å². The van der Waals surface area contributed by atoms with Crippen LogP contribution in [-0.4, -0.2) is 56.1 Å². The Kier molecular flexibility index (Phi) is 6.30. The number of rotatable bonds is 6. The van der Waals surface area contributed by atoms with Crippen LogP contribution in [0.25, 0.3) is 0 Å². The highest BCUT2D eigenvalue weighted by Gasteiger charge is 2.31. The van der Waals surface area contributed by atoms with Crippen molar-refractivity contribution in [3.8, 4) is 23.0 Å². The first-order valence-electron chi connectivity index (χ1n) is 10.6. The fraction of sp³-hybridized carbons (Fsp3) is 0.417. The summed E-state index contributed by atoms with van der Waals surface area (Å²) in [4.78, 5) is 27.5. The number of methoxy groups -OCH3 is 1. The van der Waals surface area contributed by atoms with Crippen molar-refractivity contribution in [2.75, 3.05) is 33.4 Å². The summed E-state index contributed by atoms with van der Waals surface area (Å²) < 4.78 is 22.0. The normalized spacial score (nSPS) is 17.0. The predicted molar refractivity (Wildman–Crippen MR) is 114 cm³/mol. The number of hydrogen-bond donors (Lipinski definition) is 0. The zero-order valence-corrected chi connectivity index (χ0v) is 17.8. The summed E-state index contributed by atoms with van der Waals surface area (Å²) >= 11 is 0. The summed E-state index contributed by atoms with van der Waals surface area (Å²) in [7, 11) is 1.60. The van der Waals surface area contributed by atoms with Crippen LogP contribution in [-0.2, 0) is 4.79 Å². The SMILES string of the molecule is COc1ccc(OC(C)C(=O)N2CCC(C(=O)c3ccc4c(c3)OCCO4)CC2)cc1. The van der Waals surface area contributed by atoms with Crippen molar-refractivity contribution in [3.63, 3.8) is 0 Å². The highest BCUT2D eigenvalue weighted by molar-refractivity contribution is 5.98. The van der Waals surface area contributed by atoms with Crippen LogP contribution < -0.4 is 18.9 Å². The van der Waals surface area contributed by atoms with E-state index in [1.54, 1.807) is 61.4 Å². The highest BCUT2D eigenvalue weighted by Crippen LogP contribution is 2.32. The minimum Gasteiger partial charge on any atom is -0.497 e. The molecule has 7 heteroatoms. The van der Waals surface area contributed by atoms with Gasteiger partial charge in [0, 0.05) is 24.6 Å². The van der Waals surface area contributed by atoms with Crippen LogP contribution in [0.3, 0.4) is 0 Å². The van der Waals surface area contributed by atoms with E-state index in [9.17, 15) is 9.59 Å². The average molecular weight is 425 g/mol. The number of amides is 1. The number of hydrogen-bond acceptors (Lipinski definition) is 6. The summed E-state index contributed by atoms with van der Waals surface area (Å²) in [6, 6.07) is 12.5. The molecule has 0 bridgehead atoms. The van der Waals surface area contributed by atoms with Crippen LogP contribution in [0.1, 0.15) is 30.1 Å². The molecular weight excluding hydrogens is 398 g/mol. The first kappa shape index (κ1) is 21.0. The molecule has 1 fully saturated rings. The van der Waals surface area contributed by atoms with Gasteiger partial charge in [-0.15, -0.1) is 0 Å². The third-order valence-corrected chi connectivity index (χ3v) is 5.72. The van der Waals surface area contributed by atoms with Gasteiger partial charge in [0.2, 0.25) is 0 Å². The lowest BCUT2D eigenvalue weighted by molar-refractivity contribution is -0.139. The number of carbonyl (C=O) groups is 2. The predicted octanol–water partition coefficient (Wildman–Crippen LogP) is 3.36. The fourth-order valence-electron chi connectivity index (χ4n) is 3.96. The number of piperidine rings is 1. The Hall–Kier alpha value is -3.22. The fourth-order valence-corrected chi connectivity index (χ4v) is 3.96. The number of ketones is 1. The Morgan fingerprint density at radius 1 is 0.968 bits per heavy atom. The monoisotopic (exact) mass is 425 g/mol. The molecule has 0 radical (unpaired) electrons. The van der Waals surface area contributed by atoms with Gasteiger partial charge in [-0.1, -0.05) is 0 Å².